The lowest BCUT2D eigenvalue weighted by atomic mass is 9.89. The molecule has 0 spiro atoms. The van der Waals surface area contributed by atoms with Gasteiger partial charge in [-0.3, -0.25) is 0 Å². The Bertz CT molecular complexity index is 1900. The number of phenolic OH excluding ortho intramolecular Hbond substituents is 5. The van der Waals surface area contributed by atoms with E-state index in [0.717, 1.165) is 137 Å². The van der Waals surface area contributed by atoms with Crippen molar-refractivity contribution < 1.29 is 25.5 Å². The van der Waals surface area contributed by atoms with E-state index in [9.17, 15) is 25.5 Å². The Labute approximate surface area is 323 Å². The van der Waals surface area contributed by atoms with Crippen LogP contribution in [-0.2, 0) is 57.8 Å². The van der Waals surface area contributed by atoms with Gasteiger partial charge in [0.2, 0.25) is 0 Å². The van der Waals surface area contributed by atoms with Crippen molar-refractivity contribution in [3.8, 4) is 28.7 Å². The van der Waals surface area contributed by atoms with Crippen LogP contribution in [0.2, 0.25) is 0 Å². The van der Waals surface area contributed by atoms with Crippen LogP contribution in [0.25, 0.3) is 0 Å². The van der Waals surface area contributed by atoms with Crippen molar-refractivity contribution in [3.05, 3.63) is 145 Å². The van der Waals surface area contributed by atoms with Crippen LogP contribution in [0.4, 0.5) is 0 Å². The molecule has 0 heterocycles. The van der Waals surface area contributed by atoms with Gasteiger partial charge in [-0.05, 0) is 117 Å². The quantitative estimate of drug-likeness (QED) is 0.0618. The highest BCUT2D eigenvalue weighted by atomic mass is 16.3. The number of hydrogen-bond acceptors (Lipinski definition) is 5. The summed E-state index contributed by atoms with van der Waals surface area (Å²) in [6.07, 6.45) is 10.8. The number of phenols is 5. The van der Waals surface area contributed by atoms with Gasteiger partial charge in [-0.25, -0.2) is 0 Å². The molecule has 0 amide bonds. The van der Waals surface area contributed by atoms with Gasteiger partial charge >= 0.3 is 0 Å². The number of rotatable bonds is 18. The summed E-state index contributed by atoms with van der Waals surface area (Å²) >= 11 is 0. The van der Waals surface area contributed by atoms with Crippen LogP contribution in [-0.4, -0.2) is 25.5 Å². The van der Waals surface area contributed by atoms with Gasteiger partial charge in [0, 0.05) is 25.7 Å². The first-order valence-corrected chi connectivity index (χ1v) is 20.2. The topological polar surface area (TPSA) is 101 Å². The minimum atomic E-state index is 0.174. The van der Waals surface area contributed by atoms with E-state index in [1.54, 1.807) is 12.1 Å². The summed E-state index contributed by atoms with van der Waals surface area (Å²) in [5.74, 6) is 1.01. The highest BCUT2D eigenvalue weighted by molar-refractivity contribution is 5.56. The third-order valence-electron chi connectivity index (χ3n) is 10.5. The standard InChI is InChI=1S/C49H60O5/c1-6-11-32-16-18-45(50)37(20-32)28-39-22-34(13-8-3)24-41(47(39)52)30-43-26-36(15-10-5)27-44(49(43)54)31-42-25-35(14-9-4)23-40(48(42)53)29-38-21-33(12-7-2)17-19-46(38)51/h16-27,50-54H,6-15,28-31H2,1-5H3. The maximum atomic E-state index is 11.9. The molecule has 5 N–H and O–H groups in total. The van der Waals surface area contributed by atoms with Crippen LogP contribution < -0.4 is 0 Å². The molecule has 5 aromatic rings. The van der Waals surface area contributed by atoms with Crippen molar-refractivity contribution in [2.24, 2.45) is 0 Å². The first-order chi connectivity index (χ1) is 26.1. The van der Waals surface area contributed by atoms with Gasteiger partial charge in [-0.2, -0.15) is 0 Å². The first kappa shape index (κ1) is 40.3. The van der Waals surface area contributed by atoms with Crippen molar-refractivity contribution in [1.82, 2.24) is 0 Å². The zero-order valence-corrected chi connectivity index (χ0v) is 33.1. The van der Waals surface area contributed by atoms with Crippen molar-refractivity contribution in [2.75, 3.05) is 0 Å². The largest absolute Gasteiger partial charge is 0.508 e. The van der Waals surface area contributed by atoms with Crippen LogP contribution in [0.5, 0.6) is 28.7 Å². The van der Waals surface area contributed by atoms with Gasteiger partial charge in [0.05, 0.1) is 0 Å². The Balaban J connectivity index is 1.53. The van der Waals surface area contributed by atoms with Crippen LogP contribution in [0.15, 0.2) is 72.8 Å². The molecule has 0 unspecified atom stereocenters. The second-order valence-electron chi connectivity index (χ2n) is 15.2. The molecule has 5 heteroatoms. The molecule has 0 aliphatic rings. The predicted octanol–water partition coefficient (Wildman–Crippen LogP) is 11.3. The SMILES string of the molecule is CCCc1ccc(O)c(Cc2cc(CCC)cc(Cc3cc(CCC)cc(Cc4cc(CCC)cc(Cc5cc(CCC)ccc5O)c4O)c3O)c2O)c1. The monoisotopic (exact) mass is 728 g/mol. The molecule has 5 nitrogen and oxygen atoms in total. The second-order valence-corrected chi connectivity index (χ2v) is 15.2. The van der Waals surface area contributed by atoms with Crippen LogP contribution >= 0.6 is 0 Å². The van der Waals surface area contributed by atoms with Crippen molar-refractivity contribution >= 4 is 0 Å². The van der Waals surface area contributed by atoms with Crippen molar-refractivity contribution in [2.45, 2.75) is 125 Å². The third kappa shape index (κ3) is 9.99. The minimum Gasteiger partial charge on any atom is -0.508 e. The molecule has 54 heavy (non-hydrogen) atoms. The molecule has 0 aliphatic heterocycles. The molecule has 0 aromatic heterocycles. The highest BCUT2D eigenvalue weighted by Gasteiger charge is 2.20. The molecule has 5 rings (SSSR count). The second kappa shape index (κ2) is 18.9. The smallest absolute Gasteiger partial charge is 0.122 e. The minimum absolute atomic E-state index is 0.174. The summed E-state index contributed by atoms with van der Waals surface area (Å²) in [7, 11) is 0. The van der Waals surface area contributed by atoms with E-state index in [1.165, 1.54) is 0 Å². The van der Waals surface area contributed by atoms with Gasteiger partial charge in [0.25, 0.3) is 0 Å². The zero-order valence-electron chi connectivity index (χ0n) is 33.1. The van der Waals surface area contributed by atoms with Crippen molar-refractivity contribution in [3.63, 3.8) is 0 Å². The fourth-order valence-corrected chi connectivity index (χ4v) is 7.87. The Morgan fingerprint density at radius 1 is 0.296 bits per heavy atom. The van der Waals surface area contributed by atoms with E-state index in [-0.39, 0.29) is 28.7 Å². The number of aryl methyl sites for hydroxylation is 5. The van der Waals surface area contributed by atoms with Crippen LogP contribution in [0, 0.1) is 0 Å². The average Bonchev–Trinajstić information content (AvgIpc) is 3.14. The first-order valence-electron chi connectivity index (χ1n) is 20.2. The van der Waals surface area contributed by atoms with Crippen molar-refractivity contribution in [1.29, 1.82) is 0 Å². The summed E-state index contributed by atoms with van der Waals surface area (Å²) in [6, 6.07) is 23.8. The summed E-state index contributed by atoms with van der Waals surface area (Å²) in [4.78, 5) is 0. The molecule has 0 radical (unpaired) electrons. The summed E-state index contributed by atoms with van der Waals surface area (Å²) in [6.45, 7) is 10.7. The molecule has 0 aliphatic carbocycles. The predicted molar refractivity (Wildman–Crippen MR) is 222 cm³/mol. The van der Waals surface area contributed by atoms with E-state index in [0.29, 0.717) is 25.7 Å². The van der Waals surface area contributed by atoms with E-state index in [2.05, 4.69) is 71.0 Å². The molecule has 0 bridgehead atoms. The lowest BCUT2D eigenvalue weighted by molar-refractivity contribution is 0.453. The molecular formula is C49H60O5. The summed E-state index contributed by atoms with van der Waals surface area (Å²) in [5.41, 5.74) is 11.7. The molecule has 0 saturated carbocycles. The Kier molecular flexibility index (Phi) is 14.1. The normalized spacial score (nSPS) is 11.4. The highest BCUT2D eigenvalue weighted by Crippen LogP contribution is 2.38. The zero-order chi connectivity index (χ0) is 38.8. The molecule has 0 saturated heterocycles. The summed E-state index contributed by atoms with van der Waals surface area (Å²) in [5, 5.41) is 57.0. The molecule has 0 fully saturated rings. The Morgan fingerprint density at radius 2 is 0.519 bits per heavy atom. The maximum Gasteiger partial charge on any atom is 0.122 e. The maximum absolute atomic E-state index is 11.9. The number of aromatic hydroxyl groups is 5. The number of benzene rings is 5. The molecule has 0 atom stereocenters. The van der Waals surface area contributed by atoms with E-state index < -0.39 is 0 Å². The Morgan fingerprint density at radius 3 is 0.778 bits per heavy atom. The summed E-state index contributed by atoms with van der Waals surface area (Å²) < 4.78 is 0. The van der Waals surface area contributed by atoms with Crippen LogP contribution in [0.3, 0.4) is 0 Å². The van der Waals surface area contributed by atoms with E-state index >= 15 is 0 Å². The average molecular weight is 729 g/mol. The lowest BCUT2D eigenvalue weighted by Gasteiger charge is -2.18. The van der Waals surface area contributed by atoms with Gasteiger partial charge in [0.1, 0.15) is 28.7 Å². The fourth-order valence-electron chi connectivity index (χ4n) is 7.87. The molecular weight excluding hydrogens is 669 g/mol. The van der Waals surface area contributed by atoms with E-state index in [4.69, 9.17) is 0 Å². The van der Waals surface area contributed by atoms with Gasteiger partial charge in [-0.1, -0.05) is 127 Å². The van der Waals surface area contributed by atoms with E-state index in [1.807, 2.05) is 24.3 Å². The molecule has 5 aromatic carbocycles. The Hall–Kier alpha value is -4.90. The molecule has 286 valence electrons. The van der Waals surface area contributed by atoms with Gasteiger partial charge in [0.15, 0.2) is 0 Å². The third-order valence-corrected chi connectivity index (χ3v) is 10.5. The fraction of sp³-hybridized carbons (Fsp3) is 0.388. The number of hydrogen-bond donors (Lipinski definition) is 5. The van der Waals surface area contributed by atoms with Crippen LogP contribution in [0.1, 0.15) is 139 Å². The lowest BCUT2D eigenvalue weighted by Crippen LogP contribution is -2.03. The van der Waals surface area contributed by atoms with Gasteiger partial charge in [-0.15, -0.1) is 0 Å². The van der Waals surface area contributed by atoms with Gasteiger partial charge < -0.3 is 25.5 Å².